The Balaban J connectivity index is 2.46. The highest BCUT2D eigenvalue weighted by Gasteiger charge is 2.33. The summed E-state index contributed by atoms with van der Waals surface area (Å²) >= 11 is 6.11. The minimum absolute atomic E-state index is 0.270. The number of rotatable bonds is 4. The maximum Gasteiger partial charge on any atom is 0.244 e. The number of alkyl halides is 2. The van der Waals surface area contributed by atoms with Crippen LogP contribution in [0, 0.1) is 12.3 Å². The summed E-state index contributed by atoms with van der Waals surface area (Å²) in [5.74, 6) is -0.249. The lowest BCUT2D eigenvalue weighted by atomic mass is 9.89. The van der Waals surface area contributed by atoms with E-state index in [1.54, 1.807) is 17.6 Å². The van der Waals surface area contributed by atoms with Gasteiger partial charge in [0.05, 0.1) is 10.7 Å². The van der Waals surface area contributed by atoms with Gasteiger partial charge in [-0.15, -0.1) is 0 Å². The second kappa shape index (κ2) is 6.52. The van der Waals surface area contributed by atoms with Gasteiger partial charge in [0.1, 0.15) is 5.52 Å². The van der Waals surface area contributed by atoms with E-state index in [0.29, 0.717) is 21.9 Å². The van der Waals surface area contributed by atoms with E-state index in [2.05, 4.69) is 15.3 Å². The second-order valence-corrected chi connectivity index (χ2v) is 8.26. The molecule has 138 valence electrons. The van der Waals surface area contributed by atoms with Crippen LogP contribution in [0.4, 0.5) is 14.7 Å². The number of carbonyl (C=O) groups is 1. The van der Waals surface area contributed by atoms with Gasteiger partial charge in [0.15, 0.2) is 5.65 Å². The average Bonchev–Trinajstić information content (AvgIpc) is 2.74. The third kappa shape index (κ3) is 4.08. The Morgan fingerprint density at radius 3 is 2.40 bits per heavy atom. The van der Waals surface area contributed by atoms with E-state index < -0.39 is 23.3 Å². The molecular weight excluding hydrogens is 350 g/mol. The van der Waals surface area contributed by atoms with Crippen LogP contribution in [0.3, 0.4) is 0 Å². The number of nitrogens with zero attached hydrogens (tertiary/aromatic N) is 3. The van der Waals surface area contributed by atoms with Crippen LogP contribution in [0.1, 0.15) is 46.7 Å². The molecule has 0 atom stereocenters. The zero-order valence-electron chi connectivity index (χ0n) is 15.2. The number of fused-ring (bicyclic) bond motifs is 1. The summed E-state index contributed by atoms with van der Waals surface area (Å²) < 4.78 is 27.8. The highest BCUT2D eigenvalue weighted by molar-refractivity contribution is 6.31. The number of carbonyl (C=O) groups excluding carboxylic acids is 1. The van der Waals surface area contributed by atoms with Crippen molar-refractivity contribution in [3.8, 4) is 0 Å². The van der Waals surface area contributed by atoms with Gasteiger partial charge >= 0.3 is 0 Å². The van der Waals surface area contributed by atoms with Gasteiger partial charge in [0.25, 0.3) is 0 Å². The third-order valence-electron chi connectivity index (χ3n) is 3.89. The molecule has 0 aromatic carbocycles. The predicted molar refractivity (Wildman–Crippen MR) is 95.3 cm³/mol. The molecule has 0 bridgehead atoms. The number of hydrogen-bond donors (Lipinski definition) is 1. The number of imidazole rings is 1. The lowest BCUT2D eigenvalue weighted by molar-refractivity contribution is -0.120. The molecule has 2 rings (SSSR count). The molecule has 25 heavy (non-hydrogen) atoms. The number of aromatic nitrogens is 3. The van der Waals surface area contributed by atoms with Crippen LogP contribution >= 0.6 is 11.6 Å². The summed E-state index contributed by atoms with van der Waals surface area (Å²) in [6, 6.07) is 1.68. The molecule has 0 unspecified atom stereocenters. The average molecular weight is 373 g/mol. The lowest BCUT2D eigenvalue weighted by Gasteiger charge is -2.25. The number of nitrogens with one attached hydrogen (secondary N) is 1. The summed E-state index contributed by atoms with van der Waals surface area (Å²) in [4.78, 5) is 21.1. The normalized spacial score (nSPS) is 12.9. The Bertz CT molecular complexity index is 809. The van der Waals surface area contributed by atoms with E-state index in [-0.39, 0.29) is 12.4 Å². The Labute approximate surface area is 150 Å². The standard InChI is InChI=1S/C17H23ClF2N4O/c1-9-10(18)7-11-13(21-9)24(16(2,3)4)15(22-11)23-12(25)8-17(5,6)14(19)20/h7,14H,8H2,1-6H3,(H,22,23,25). The van der Waals surface area contributed by atoms with Crippen molar-refractivity contribution in [2.24, 2.45) is 5.41 Å². The molecule has 0 spiro atoms. The topological polar surface area (TPSA) is 59.8 Å². The lowest BCUT2D eigenvalue weighted by Crippen LogP contribution is -2.31. The Kier molecular flexibility index (Phi) is 5.10. The predicted octanol–water partition coefficient (Wildman–Crippen LogP) is 4.77. The van der Waals surface area contributed by atoms with Crippen LogP contribution in [0.5, 0.6) is 0 Å². The molecule has 0 saturated carbocycles. The molecule has 2 heterocycles. The maximum absolute atomic E-state index is 13.0. The van der Waals surface area contributed by atoms with Gasteiger partial charge in [0, 0.05) is 17.4 Å². The minimum atomic E-state index is -2.59. The van der Waals surface area contributed by atoms with Crippen LogP contribution < -0.4 is 5.32 Å². The molecule has 0 aliphatic carbocycles. The molecule has 0 fully saturated rings. The molecule has 5 nitrogen and oxygen atoms in total. The van der Waals surface area contributed by atoms with Crippen molar-refractivity contribution in [3.63, 3.8) is 0 Å². The second-order valence-electron chi connectivity index (χ2n) is 7.85. The van der Waals surface area contributed by atoms with Crippen LogP contribution in [0.25, 0.3) is 11.2 Å². The Morgan fingerprint density at radius 1 is 1.28 bits per heavy atom. The van der Waals surface area contributed by atoms with Gasteiger partial charge in [0.2, 0.25) is 18.3 Å². The van der Waals surface area contributed by atoms with Crippen molar-refractivity contribution in [1.29, 1.82) is 0 Å². The largest absolute Gasteiger partial charge is 0.296 e. The molecule has 0 aliphatic heterocycles. The number of anilines is 1. The first-order valence-corrected chi connectivity index (χ1v) is 8.35. The van der Waals surface area contributed by atoms with Crippen molar-refractivity contribution in [2.75, 3.05) is 5.32 Å². The highest BCUT2D eigenvalue weighted by atomic mass is 35.5. The summed E-state index contributed by atoms with van der Waals surface area (Å²) in [7, 11) is 0. The van der Waals surface area contributed by atoms with Crippen LogP contribution in [0.15, 0.2) is 6.07 Å². The molecule has 1 N–H and O–H groups in total. The number of hydrogen-bond acceptors (Lipinski definition) is 3. The fourth-order valence-corrected chi connectivity index (χ4v) is 2.59. The smallest absolute Gasteiger partial charge is 0.244 e. The molecular formula is C17H23ClF2N4O. The molecule has 0 radical (unpaired) electrons. The number of amides is 1. The number of halogens is 3. The van der Waals surface area contributed by atoms with Gasteiger partial charge in [-0.3, -0.25) is 14.7 Å². The van der Waals surface area contributed by atoms with E-state index in [1.165, 1.54) is 13.8 Å². The van der Waals surface area contributed by atoms with E-state index in [1.807, 2.05) is 20.8 Å². The van der Waals surface area contributed by atoms with Crippen molar-refractivity contribution < 1.29 is 13.6 Å². The SMILES string of the molecule is Cc1nc2c(cc1Cl)nc(NC(=O)CC(C)(C)C(F)F)n2C(C)(C)C. The number of aryl methyl sites for hydroxylation is 1. The zero-order chi connectivity index (χ0) is 19.2. The van der Waals surface area contributed by atoms with E-state index >= 15 is 0 Å². The van der Waals surface area contributed by atoms with Gasteiger partial charge in [-0.1, -0.05) is 25.4 Å². The van der Waals surface area contributed by atoms with E-state index in [9.17, 15) is 13.6 Å². The molecule has 2 aromatic rings. The van der Waals surface area contributed by atoms with Crippen molar-refractivity contribution in [1.82, 2.24) is 14.5 Å². The van der Waals surface area contributed by atoms with Crippen LogP contribution in [-0.2, 0) is 10.3 Å². The van der Waals surface area contributed by atoms with Crippen LogP contribution in [-0.4, -0.2) is 26.9 Å². The third-order valence-corrected chi connectivity index (χ3v) is 4.27. The molecule has 8 heteroatoms. The summed E-state index contributed by atoms with van der Waals surface area (Å²) in [5, 5.41) is 3.13. The molecule has 0 saturated heterocycles. The Morgan fingerprint density at radius 2 is 1.88 bits per heavy atom. The first-order valence-electron chi connectivity index (χ1n) is 7.97. The van der Waals surface area contributed by atoms with E-state index in [4.69, 9.17) is 11.6 Å². The monoisotopic (exact) mass is 372 g/mol. The van der Waals surface area contributed by atoms with E-state index in [0.717, 1.165) is 0 Å². The van der Waals surface area contributed by atoms with Gasteiger partial charge in [-0.2, -0.15) is 0 Å². The zero-order valence-corrected chi connectivity index (χ0v) is 16.0. The minimum Gasteiger partial charge on any atom is -0.296 e. The fourth-order valence-electron chi connectivity index (χ4n) is 2.45. The highest BCUT2D eigenvalue weighted by Crippen LogP contribution is 2.32. The van der Waals surface area contributed by atoms with Crippen molar-refractivity contribution in [3.05, 3.63) is 16.8 Å². The summed E-state index contributed by atoms with van der Waals surface area (Å²) in [5.41, 5.74) is -0.0769. The van der Waals surface area contributed by atoms with Crippen LogP contribution in [0.2, 0.25) is 5.02 Å². The summed E-state index contributed by atoms with van der Waals surface area (Å²) in [6.07, 6.45) is -2.91. The summed E-state index contributed by atoms with van der Waals surface area (Å²) in [6.45, 7) is 10.3. The Hall–Kier alpha value is -1.76. The maximum atomic E-state index is 13.0. The molecule has 0 aliphatic rings. The quantitative estimate of drug-likeness (QED) is 0.841. The fraction of sp³-hybridized carbons (Fsp3) is 0.588. The van der Waals surface area contributed by atoms with Gasteiger partial charge < -0.3 is 0 Å². The van der Waals surface area contributed by atoms with Gasteiger partial charge in [-0.05, 0) is 33.8 Å². The molecule has 2 aromatic heterocycles. The first kappa shape index (κ1) is 19.6. The molecule has 1 amide bonds. The number of pyridine rings is 1. The van der Waals surface area contributed by atoms with Gasteiger partial charge in [-0.25, -0.2) is 18.7 Å². The first-order chi connectivity index (χ1) is 11.3. The van der Waals surface area contributed by atoms with Crippen molar-refractivity contribution in [2.45, 2.75) is 59.9 Å². The van der Waals surface area contributed by atoms with Crippen molar-refractivity contribution >= 4 is 34.6 Å².